The van der Waals surface area contributed by atoms with Crippen LogP contribution in [-0.4, -0.2) is 41.4 Å². The summed E-state index contributed by atoms with van der Waals surface area (Å²) in [5.74, 6) is 0.167. The van der Waals surface area contributed by atoms with Crippen LogP contribution in [0.4, 0.5) is 0 Å². The van der Waals surface area contributed by atoms with Gasteiger partial charge in [0.25, 0.3) is 0 Å². The Labute approximate surface area is 190 Å². The first-order chi connectivity index (χ1) is 15.0. The maximum Gasteiger partial charge on any atom is 0.219 e. The van der Waals surface area contributed by atoms with Gasteiger partial charge in [-0.3, -0.25) is 9.69 Å². The van der Waals surface area contributed by atoms with Gasteiger partial charge in [-0.2, -0.15) is 0 Å². The second kappa shape index (κ2) is 9.67. The van der Waals surface area contributed by atoms with E-state index in [1.165, 1.54) is 16.7 Å². The second-order valence-corrected chi connectivity index (χ2v) is 8.88. The molecule has 0 N–H and O–H groups in total. The van der Waals surface area contributed by atoms with E-state index in [1.807, 2.05) is 23.1 Å². The van der Waals surface area contributed by atoms with Crippen LogP contribution in [0.5, 0.6) is 0 Å². The zero-order valence-corrected chi connectivity index (χ0v) is 19.0. The van der Waals surface area contributed by atoms with E-state index in [1.54, 1.807) is 6.92 Å². The molecule has 1 atom stereocenters. The highest BCUT2D eigenvalue weighted by Gasteiger charge is 2.28. The van der Waals surface area contributed by atoms with Crippen LogP contribution in [-0.2, 0) is 17.8 Å². The summed E-state index contributed by atoms with van der Waals surface area (Å²) in [5.41, 5.74) is 5.98. The molecule has 31 heavy (non-hydrogen) atoms. The highest BCUT2D eigenvalue weighted by atomic mass is 35.5. The first kappa shape index (κ1) is 21.6. The minimum atomic E-state index is 0.167. The van der Waals surface area contributed by atoms with Crippen LogP contribution in [0.15, 0.2) is 72.8 Å². The van der Waals surface area contributed by atoms with Gasteiger partial charge in [0.15, 0.2) is 0 Å². The summed E-state index contributed by atoms with van der Waals surface area (Å²) in [4.78, 5) is 16.7. The lowest BCUT2D eigenvalue weighted by molar-refractivity contribution is -0.133. The van der Waals surface area contributed by atoms with Crippen molar-refractivity contribution in [2.75, 3.05) is 19.6 Å². The lowest BCUT2D eigenvalue weighted by Gasteiger charge is -2.41. The molecule has 1 amide bonds. The zero-order chi connectivity index (χ0) is 21.8. The summed E-state index contributed by atoms with van der Waals surface area (Å²) in [6, 6.07) is 25.5. The predicted molar refractivity (Wildman–Crippen MR) is 128 cm³/mol. The number of halogens is 1. The summed E-state index contributed by atoms with van der Waals surface area (Å²) in [5, 5.41) is 0.780. The quantitative estimate of drug-likeness (QED) is 0.524. The Bertz CT molecular complexity index is 1030. The molecule has 1 heterocycles. The van der Waals surface area contributed by atoms with Crippen LogP contribution < -0.4 is 0 Å². The van der Waals surface area contributed by atoms with E-state index in [0.717, 1.165) is 48.7 Å². The highest BCUT2D eigenvalue weighted by molar-refractivity contribution is 6.33. The summed E-state index contributed by atoms with van der Waals surface area (Å²) >= 11 is 6.41. The number of benzene rings is 3. The molecule has 3 aromatic carbocycles. The summed E-state index contributed by atoms with van der Waals surface area (Å²) < 4.78 is 0. The standard InChI is InChI=1S/C27H29ClN2O/c1-20-8-13-27(28)26(16-20)24-11-9-23(10-12-24)18-29-14-15-30(21(2)31)25(19-29)17-22-6-4-3-5-7-22/h3-13,16,25H,14-15,17-19H2,1-2H3/t25-/m1/s1. The van der Waals surface area contributed by atoms with Gasteiger partial charge in [-0.15, -0.1) is 0 Å². The van der Waals surface area contributed by atoms with E-state index in [0.29, 0.717) is 0 Å². The molecule has 1 fully saturated rings. The third-order valence-electron chi connectivity index (χ3n) is 6.08. The van der Waals surface area contributed by atoms with Crippen molar-refractivity contribution in [1.29, 1.82) is 0 Å². The van der Waals surface area contributed by atoms with Crippen LogP contribution in [0.3, 0.4) is 0 Å². The third kappa shape index (κ3) is 5.36. The highest BCUT2D eigenvalue weighted by Crippen LogP contribution is 2.29. The topological polar surface area (TPSA) is 23.6 Å². The van der Waals surface area contributed by atoms with E-state index in [9.17, 15) is 4.79 Å². The number of hydrogen-bond donors (Lipinski definition) is 0. The van der Waals surface area contributed by atoms with E-state index < -0.39 is 0 Å². The summed E-state index contributed by atoms with van der Waals surface area (Å²) in [6.07, 6.45) is 0.891. The molecular formula is C27H29ClN2O. The Morgan fingerprint density at radius 3 is 2.42 bits per heavy atom. The number of aryl methyl sites for hydroxylation is 1. The third-order valence-corrected chi connectivity index (χ3v) is 6.41. The van der Waals surface area contributed by atoms with Crippen molar-refractivity contribution in [3.05, 3.63) is 94.5 Å². The minimum Gasteiger partial charge on any atom is -0.337 e. The summed E-state index contributed by atoms with van der Waals surface area (Å²) in [6.45, 7) is 7.22. The maximum absolute atomic E-state index is 12.2. The van der Waals surface area contributed by atoms with Crippen molar-refractivity contribution >= 4 is 17.5 Å². The Kier molecular flexibility index (Phi) is 6.74. The fourth-order valence-electron chi connectivity index (χ4n) is 4.45. The number of nitrogens with zero attached hydrogens (tertiary/aromatic N) is 2. The second-order valence-electron chi connectivity index (χ2n) is 8.47. The van der Waals surface area contributed by atoms with Crippen LogP contribution in [0.1, 0.15) is 23.6 Å². The summed E-state index contributed by atoms with van der Waals surface area (Å²) in [7, 11) is 0. The SMILES string of the molecule is CC(=O)N1CCN(Cc2ccc(-c3cc(C)ccc3Cl)cc2)C[C@H]1Cc1ccccc1. The molecular weight excluding hydrogens is 404 g/mol. The van der Waals surface area contributed by atoms with Crippen molar-refractivity contribution in [1.82, 2.24) is 9.80 Å². The molecule has 0 spiro atoms. The molecule has 0 aliphatic carbocycles. The molecule has 0 radical (unpaired) electrons. The molecule has 1 aliphatic rings. The Morgan fingerprint density at radius 2 is 1.71 bits per heavy atom. The normalized spacial score (nSPS) is 17.0. The molecule has 0 bridgehead atoms. The smallest absolute Gasteiger partial charge is 0.219 e. The van der Waals surface area contributed by atoms with E-state index in [-0.39, 0.29) is 11.9 Å². The van der Waals surface area contributed by atoms with Crippen molar-refractivity contribution < 1.29 is 4.79 Å². The number of amides is 1. The van der Waals surface area contributed by atoms with Crippen LogP contribution in [0, 0.1) is 6.92 Å². The fraction of sp³-hybridized carbons (Fsp3) is 0.296. The van der Waals surface area contributed by atoms with Crippen molar-refractivity contribution in [2.24, 2.45) is 0 Å². The van der Waals surface area contributed by atoms with Crippen LogP contribution >= 0.6 is 11.6 Å². The average molecular weight is 433 g/mol. The first-order valence-electron chi connectivity index (χ1n) is 10.9. The van der Waals surface area contributed by atoms with Gasteiger partial charge in [0, 0.05) is 49.7 Å². The van der Waals surface area contributed by atoms with E-state index in [2.05, 4.69) is 66.4 Å². The molecule has 160 valence electrons. The van der Waals surface area contributed by atoms with Gasteiger partial charge in [-0.05, 0) is 42.2 Å². The monoisotopic (exact) mass is 432 g/mol. The molecule has 4 rings (SSSR count). The predicted octanol–water partition coefficient (Wildman–Crippen LogP) is 5.59. The number of carbonyl (C=O) groups excluding carboxylic acids is 1. The van der Waals surface area contributed by atoms with Gasteiger partial charge < -0.3 is 4.90 Å². The lowest BCUT2D eigenvalue weighted by Crippen LogP contribution is -2.55. The minimum absolute atomic E-state index is 0.167. The van der Waals surface area contributed by atoms with E-state index in [4.69, 9.17) is 11.6 Å². The number of rotatable bonds is 5. The number of carbonyl (C=O) groups is 1. The molecule has 3 aromatic rings. The van der Waals surface area contributed by atoms with Crippen molar-refractivity contribution in [3.8, 4) is 11.1 Å². The van der Waals surface area contributed by atoms with Crippen LogP contribution in [0.2, 0.25) is 5.02 Å². The zero-order valence-electron chi connectivity index (χ0n) is 18.2. The van der Waals surface area contributed by atoms with Gasteiger partial charge in [-0.25, -0.2) is 0 Å². The van der Waals surface area contributed by atoms with Gasteiger partial charge in [0.1, 0.15) is 0 Å². The molecule has 0 aromatic heterocycles. The van der Waals surface area contributed by atoms with E-state index >= 15 is 0 Å². The molecule has 0 saturated carbocycles. The largest absolute Gasteiger partial charge is 0.337 e. The molecule has 1 aliphatic heterocycles. The van der Waals surface area contributed by atoms with Gasteiger partial charge in [0.2, 0.25) is 5.91 Å². The molecule has 3 nitrogen and oxygen atoms in total. The molecule has 0 unspecified atom stereocenters. The Balaban J connectivity index is 1.45. The number of piperazine rings is 1. The molecule has 1 saturated heterocycles. The lowest BCUT2D eigenvalue weighted by atomic mass is 10.0. The first-order valence-corrected chi connectivity index (χ1v) is 11.3. The maximum atomic E-state index is 12.2. The van der Waals surface area contributed by atoms with Gasteiger partial charge in [-0.1, -0.05) is 77.8 Å². The fourth-order valence-corrected chi connectivity index (χ4v) is 4.67. The van der Waals surface area contributed by atoms with Crippen LogP contribution in [0.25, 0.3) is 11.1 Å². The van der Waals surface area contributed by atoms with Crippen molar-refractivity contribution in [2.45, 2.75) is 32.9 Å². The average Bonchev–Trinajstić information content (AvgIpc) is 2.77. The van der Waals surface area contributed by atoms with Crippen molar-refractivity contribution in [3.63, 3.8) is 0 Å². The Morgan fingerprint density at radius 1 is 0.968 bits per heavy atom. The number of hydrogen-bond acceptors (Lipinski definition) is 2. The molecule has 4 heteroatoms. The van der Waals surface area contributed by atoms with Gasteiger partial charge >= 0.3 is 0 Å². The Hall–Kier alpha value is -2.62. The van der Waals surface area contributed by atoms with Gasteiger partial charge in [0.05, 0.1) is 0 Å².